The molecule has 1 aromatic carbocycles. The normalized spacial score (nSPS) is 10.4. The Balaban J connectivity index is 1.85. The van der Waals surface area contributed by atoms with Crippen LogP contribution in [0, 0.1) is 0 Å². The molecule has 0 aliphatic rings. The highest BCUT2D eigenvalue weighted by atomic mass is 16.5. The van der Waals surface area contributed by atoms with Crippen LogP contribution >= 0.6 is 0 Å². The quantitative estimate of drug-likeness (QED) is 0.780. The number of methoxy groups -OCH3 is 1. The fourth-order valence-electron chi connectivity index (χ4n) is 1.48. The first-order chi connectivity index (χ1) is 9.79. The highest BCUT2D eigenvalue weighted by Crippen LogP contribution is 2.06. The minimum Gasteiger partial charge on any atom is -0.472 e. The van der Waals surface area contributed by atoms with E-state index in [0.29, 0.717) is 12.5 Å². The highest BCUT2D eigenvalue weighted by Gasteiger charge is 2.07. The summed E-state index contributed by atoms with van der Waals surface area (Å²) in [6.07, 6.45) is 6.55. The van der Waals surface area contributed by atoms with E-state index < -0.39 is 5.97 Å². The molecule has 1 aromatic heterocycles. The number of hydrogen-bond donors (Lipinski definition) is 0. The Morgan fingerprint density at radius 1 is 1.20 bits per heavy atom. The van der Waals surface area contributed by atoms with Crippen LogP contribution in [0.3, 0.4) is 0 Å². The second kappa shape index (κ2) is 7.04. The average Bonchev–Trinajstić information content (AvgIpc) is 2.52. The number of benzene rings is 1. The van der Waals surface area contributed by atoms with Crippen molar-refractivity contribution in [2.75, 3.05) is 13.7 Å². The van der Waals surface area contributed by atoms with Crippen LogP contribution in [-0.4, -0.2) is 29.7 Å². The Kier molecular flexibility index (Phi) is 4.83. The van der Waals surface area contributed by atoms with Crippen molar-refractivity contribution in [1.29, 1.82) is 0 Å². The summed E-state index contributed by atoms with van der Waals surface area (Å²) in [4.78, 5) is 19.0. The van der Waals surface area contributed by atoms with Crippen molar-refractivity contribution < 1.29 is 14.3 Å². The van der Waals surface area contributed by atoms with Gasteiger partial charge in [0, 0.05) is 0 Å². The van der Waals surface area contributed by atoms with E-state index in [-0.39, 0.29) is 5.69 Å². The number of aromatic nitrogens is 2. The summed E-state index contributed by atoms with van der Waals surface area (Å²) >= 11 is 0. The molecule has 0 saturated heterocycles. The summed E-state index contributed by atoms with van der Waals surface area (Å²) in [6.45, 7) is 0.376. The minimum atomic E-state index is -0.520. The van der Waals surface area contributed by atoms with Crippen molar-refractivity contribution in [3.63, 3.8) is 0 Å². The molecule has 5 heteroatoms. The number of esters is 1. The number of carbonyl (C=O) groups is 1. The topological polar surface area (TPSA) is 61.3 Å². The number of hydrogen-bond acceptors (Lipinski definition) is 5. The third-order valence-electron chi connectivity index (χ3n) is 2.46. The Hall–Kier alpha value is -2.69. The van der Waals surface area contributed by atoms with E-state index in [1.807, 2.05) is 42.5 Å². The van der Waals surface area contributed by atoms with Gasteiger partial charge in [-0.2, -0.15) is 0 Å². The van der Waals surface area contributed by atoms with Gasteiger partial charge in [-0.1, -0.05) is 36.4 Å². The molecule has 102 valence electrons. The molecule has 0 atom stereocenters. The van der Waals surface area contributed by atoms with E-state index >= 15 is 0 Å². The van der Waals surface area contributed by atoms with E-state index in [1.54, 1.807) is 0 Å². The number of carbonyl (C=O) groups excluding carboxylic acids is 1. The fourth-order valence-corrected chi connectivity index (χ4v) is 1.48. The number of nitrogens with zero attached hydrogens (tertiary/aromatic N) is 2. The summed E-state index contributed by atoms with van der Waals surface area (Å²) in [6, 6.07) is 9.91. The van der Waals surface area contributed by atoms with Gasteiger partial charge in [0.1, 0.15) is 6.61 Å². The molecule has 1 heterocycles. The molecule has 0 fully saturated rings. The lowest BCUT2D eigenvalue weighted by Crippen LogP contribution is -2.05. The maximum absolute atomic E-state index is 11.2. The number of ether oxygens (including phenoxy) is 2. The molecule has 0 amide bonds. The third kappa shape index (κ3) is 3.91. The summed E-state index contributed by atoms with van der Waals surface area (Å²) in [5.41, 5.74) is 1.25. The van der Waals surface area contributed by atoms with Gasteiger partial charge in [0.15, 0.2) is 5.69 Å². The van der Waals surface area contributed by atoms with Gasteiger partial charge in [0.2, 0.25) is 5.88 Å². The molecule has 0 bridgehead atoms. The Morgan fingerprint density at radius 3 is 2.65 bits per heavy atom. The molecule has 0 aliphatic carbocycles. The Labute approximate surface area is 116 Å². The standard InChI is InChI=1S/C15H14N2O3/c1-19-15(18)13-10-17-14(11-16-13)20-9-5-8-12-6-3-2-4-7-12/h2-8,10-11H,9H2,1H3/b8-5+. The second-order valence-electron chi connectivity index (χ2n) is 3.86. The van der Waals surface area contributed by atoms with Gasteiger partial charge in [-0.3, -0.25) is 0 Å². The molecule has 20 heavy (non-hydrogen) atoms. The van der Waals surface area contributed by atoms with E-state index in [1.165, 1.54) is 19.5 Å². The van der Waals surface area contributed by atoms with Crippen LogP contribution in [-0.2, 0) is 4.74 Å². The molecule has 0 spiro atoms. The van der Waals surface area contributed by atoms with Gasteiger partial charge < -0.3 is 9.47 Å². The molecule has 0 unspecified atom stereocenters. The van der Waals surface area contributed by atoms with Crippen molar-refractivity contribution >= 4 is 12.0 Å². The third-order valence-corrected chi connectivity index (χ3v) is 2.46. The van der Waals surface area contributed by atoms with Crippen LogP contribution in [0.2, 0.25) is 0 Å². The molecular weight excluding hydrogens is 256 g/mol. The van der Waals surface area contributed by atoms with Crippen LogP contribution in [0.15, 0.2) is 48.8 Å². The summed E-state index contributed by atoms with van der Waals surface area (Å²) < 4.78 is 9.91. The highest BCUT2D eigenvalue weighted by molar-refractivity contribution is 5.86. The van der Waals surface area contributed by atoms with Gasteiger partial charge in [-0.25, -0.2) is 14.8 Å². The lowest BCUT2D eigenvalue weighted by Gasteiger charge is -2.02. The smallest absolute Gasteiger partial charge is 0.358 e. The van der Waals surface area contributed by atoms with Crippen LogP contribution in [0.25, 0.3) is 6.08 Å². The lowest BCUT2D eigenvalue weighted by atomic mass is 10.2. The molecular formula is C15H14N2O3. The lowest BCUT2D eigenvalue weighted by molar-refractivity contribution is 0.0593. The molecule has 0 aliphatic heterocycles. The SMILES string of the molecule is COC(=O)c1cnc(OC/C=C/c2ccccc2)cn1. The van der Waals surface area contributed by atoms with Gasteiger partial charge in [-0.15, -0.1) is 0 Å². The monoisotopic (exact) mass is 270 g/mol. The van der Waals surface area contributed by atoms with Gasteiger partial charge in [0.05, 0.1) is 19.5 Å². The Bertz CT molecular complexity index is 580. The zero-order valence-electron chi connectivity index (χ0n) is 11.0. The first kappa shape index (κ1) is 13.7. The number of rotatable bonds is 5. The molecule has 0 radical (unpaired) electrons. The molecule has 2 aromatic rings. The molecule has 0 N–H and O–H groups in total. The van der Waals surface area contributed by atoms with E-state index in [0.717, 1.165) is 5.56 Å². The van der Waals surface area contributed by atoms with Crippen molar-refractivity contribution in [1.82, 2.24) is 9.97 Å². The van der Waals surface area contributed by atoms with Crippen LogP contribution in [0.1, 0.15) is 16.1 Å². The van der Waals surface area contributed by atoms with Crippen molar-refractivity contribution in [2.24, 2.45) is 0 Å². The average molecular weight is 270 g/mol. The predicted molar refractivity (Wildman–Crippen MR) is 74.3 cm³/mol. The fraction of sp³-hybridized carbons (Fsp3) is 0.133. The maximum Gasteiger partial charge on any atom is 0.358 e. The van der Waals surface area contributed by atoms with Crippen molar-refractivity contribution in [2.45, 2.75) is 0 Å². The van der Waals surface area contributed by atoms with Gasteiger partial charge in [0.25, 0.3) is 0 Å². The molecule has 0 saturated carbocycles. The maximum atomic E-state index is 11.2. The van der Waals surface area contributed by atoms with Crippen LogP contribution < -0.4 is 4.74 Å². The van der Waals surface area contributed by atoms with E-state index in [9.17, 15) is 4.79 Å². The minimum absolute atomic E-state index is 0.152. The summed E-state index contributed by atoms with van der Waals surface area (Å²) in [5, 5.41) is 0. The van der Waals surface area contributed by atoms with Crippen LogP contribution in [0.4, 0.5) is 0 Å². The first-order valence-electron chi connectivity index (χ1n) is 6.04. The largest absolute Gasteiger partial charge is 0.472 e. The summed E-state index contributed by atoms with van der Waals surface area (Å²) in [5.74, 6) is -0.164. The van der Waals surface area contributed by atoms with Crippen LogP contribution in [0.5, 0.6) is 5.88 Å². The molecule has 5 nitrogen and oxygen atoms in total. The van der Waals surface area contributed by atoms with Crippen molar-refractivity contribution in [3.05, 3.63) is 60.1 Å². The zero-order chi connectivity index (χ0) is 14.2. The first-order valence-corrected chi connectivity index (χ1v) is 6.04. The van der Waals surface area contributed by atoms with Gasteiger partial charge >= 0.3 is 5.97 Å². The zero-order valence-corrected chi connectivity index (χ0v) is 11.0. The van der Waals surface area contributed by atoms with Gasteiger partial charge in [-0.05, 0) is 11.6 Å². The van der Waals surface area contributed by atoms with Crippen molar-refractivity contribution in [3.8, 4) is 5.88 Å². The predicted octanol–water partition coefficient (Wildman–Crippen LogP) is 2.36. The second-order valence-corrected chi connectivity index (χ2v) is 3.86. The van der Waals surface area contributed by atoms with E-state index in [4.69, 9.17) is 4.74 Å². The Morgan fingerprint density at radius 2 is 2.00 bits per heavy atom. The molecule has 2 rings (SSSR count). The summed E-state index contributed by atoms with van der Waals surface area (Å²) in [7, 11) is 1.29. The van der Waals surface area contributed by atoms with E-state index in [2.05, 4.69) is 14.7 Å².